The van der Waals surface area contributed by atoms with Crippen molar-refractivity contribution in [3.05, 3.63) is 34.9 Å². The Labute approximate surface area is 115 Å². The summed E-state index contributed by atoms with van der Waals surface area (Å²) in [6, 6.07) is 5.74. The number of benzene rings is 1. The first kappa shape index (κ1) is 15.9. The van der Waals surface area contributed by atoms with E-state index in [1.807, 2.05) is 32.0 Å². The van der Waals surface area contributed by atoms with Gasteiger partial charge < -0.3 is 9.47 Å². The molecule has 1 rings (SSSR count). The highest BCUT2D eigenvalue weighted by atomic mass is 16.5. The highest BCUT2D eigenvalue weighted by molar-refractivity contribution is 5.97. The van der Waals surface area contributed by atoms with Gasteiger partial charge in [-0.2, -0.15) is 0 Å². The Morgan fingerprint density at radius 2 is 1.79 bits per heavy atom. The van der Waals surface area contributed by atoms with Crippen molar-refractivity contribution < 1.29 is 14.3 Å². The minimum atomic E-state index is 0.0247. The van der Waals surface area contributed by atoms with Gasteiger partial charge in [-0.15, -0.1) is 0 Å². The molecule has 0 saturated carbocycles. The molecule has 0 spiro atoms. The maximum atomic E-state index is 11.9. The fourth-order valence-electron chi connectivity index (χ4n) is 1.63. The van der Waals surface area contributed by atoms with E-state index in [0.717, 1.165) is 30.6 Å². The van der Waals surface area contributed by atoms with Gasteiger partial charge in [0.1, 0.15) is 6.61 Å². The van der Waals surface area contributed by atoms with E-state index in [9.17, 15) is 4.79 Å². The summed E-state index contributed by atoms with van der Waals surface area (Å²) in [4.78, 5) is 11.9. The minimum absolute atomic E-state index is 0.0247. The second-order valence-electron chi connectivity index (χ2n) is 4.74. The number of Topliss-reactive ketones (excluding diaryl/α,β-unsaturated/α-hetero) is 1. The van der Waals surface area contributed by atoms with Crippen LogP contribution in [0.25, 0.3) is 0 Å². The van der Waals surface area contributed by atoms with Gasteiger partial charge in [0.05, 0.1) is 13.2 Å². The average Bonchev–Trinajstić information content (AvgIpc) is 2.40. The Morgan fingerprint density at radius 1 is 1.05 bits per heavy atom. The van der Waals surface area contributed by atoms with E-state index >= 15 is 0 Å². The van der Waals surface area contributed by atoms with Gasteiger partial charge in [-0.3, -0.25) is 4.79 Å². The van der Waals surface area contributed by atoms with Crippen molar-refractivity contribution >= 4 is 5.78 Å². The molecule has 0 aromatic heterocycles. The SMILES string of the molecule is CCCCOCCOCC(=O)c1ccc(C)c(C)c1. The van der Waals surface area contributed by atoms with E-state index in [1.165, 1.54) is 5.56 Å². The van der Waals surface area contributed by atoms with E-state index in [1.54, 1.807) is 0 Å². The highest BCUT2D eigenvalue weighted by Crippen LogP contribution is 2.10. The van der Waals surface area contributed by atoms with Gasteiger partial charge in [-0.25, -0.2) is 0 Å². The molecule has 0 saturated heterocycles. The summed E-state index contributed by atoms with van der Waals surface area (Å²) in [7, 11) is 0. The van der Waals surface area contributed by atoms with Gasteiger partial charge >= 0.3 is 0 Å². The molecule has 0 atom stereocenters. The first-order valence-corrected chi connectivity index (χ1v) is 6.91. The predicted molar refractivity (Wildman–Crippen MR) is 76.8 cm³/mol. The van der Waals surface area contributed by atoms with Crippen LogP contribution in [0.1, 0.15) is 41.3 Å². The van der Waals surface area contributed by atoms with Gasteiger partial charge in [-0.1, -0.05) is 25.5 Å². The average molecular weight is 264 g/mol. The number of hydrogen-bond donors (Lipinski definition) is 0. The van der Waals surface area contributed by atoms with Crippen molar-refractivity contribution in [2.45, 2.75) is 33.6 Å². The van der Waals surface area contributed by atoms with Gasteiger partial charge in [0.2, 0.25) is 0 Å². The smallest absolute Gasteiger partial charge is 0.188 e. The molecule has 106 valence electrons. The standard InChI is InChI=1S/C16H24O3/c1-4-5-8-18-9-10-19-12-16(17)15-7-6-13(2)14(3)11-15/h6-7,11H,4-5,8-10,12H2,1-3H3. The molecular formula is C16H24O3. The van der Waals surface area contributed by atoms with Crippen LogP contribution in [0.15, 0.2) is 18.2 Å². The summed E-state index contributed by atoms with van der Waals surface area (Å²) in [6.07, 6.45) is 2.20. The summed E-state index contributed by atoms with van der Waals surface area (Å²) >= 11 is 0. The first-order chi connectivity index (χ1) is 9.15. The molecule has 0 radical (unpaired) electrons. The molecule has 0 fully saturated rings. The molecular weight excluding hydrogens is 240 g/mol. The lowest BCUT2D eigenvalue weighted by Gasteiger charge is -2.06. The van der Waals surface area contributed by atoms with Crippen LogP contribution >= 0.6 is 0 Å². The van der Waals surface area contributed by atoms with Crippen molar-refractivity contribution in [3.8, 4) is 0 Å². The van der Waals surface area contributed by atoms with Crippen LogP contribution in [0.3, 0.4) is 0 Å². The van der Waals surface area contributed by atoms with E-state index in [-0.39, 0.29) is 12.4 Å². The summed E-state index contributed by atoms with van der Waals surface area (Å²) in [5.41, 5.74) is 3.05. The summed E-state index contributed by atoms with van der Waals surface area (Å²) in [5.74, 6) is 0.0247. The van der Waals surface area contributed by atoms with Crippen LogP contribution in [-0.4, -0.2) is 32.2 Å². The summed E-state index contributed by atoms with van der Waals surface area (Å²) in [5, 5.41) is 0. The summed E-state index contributed by atoms with van der Waals surface area (Å²) < 4.78 is 10.7. The number of aryl methyl sites for hydroxylation is 2. The Kier molecular flexibility index (Phi) is 7.38. The van der Waals surface area contributed by atoms with Crippen molar-refractivity contribution in [1.29, 1.82) is 0 Å². The molecule has 0 aliphatic heterocycles. The zero-order valence-corrected chi connectivity index (χ0v) is 12.2. The Hall–Kier alpha value is -1.19. The predicted octanol–water partition coefficient (Wildman–Crippen LogP) is 3.32. The zero-order chi connectivity index (χ0) is 14.1. The molecule has 1 aromatic rings. The molecule has 0 aliphatic rings. The van der Waals surface area contributed by atoms with Crippen molar-refractivity contribution in [2.24, 2.45) is 0 Å². The van der Waals surface area contributed by atoms with Crippen LogP contribution < -0.4 is 0 Å². The fraction of sp³-hybridized carbons (Fsp3) is 0.562. The number of rotatable bonds is 9. The second-order valence-corrected chi connectivity index (χ2v) is 4.74. The van der Waals surface area contributed by atoms with E-state index in [2.05, 4.69) is 6.92 Å². The normalized spacial score (nSPS) is 10.7. The maximum absolute atomic E-state index is 11.9. The molecule has 1 aromatic carbocycles. The minimum Gasteiger partial charge on any atom is -0.379 e. The molecule has 19 heavy (non-hydrogen) atoms. The molecule has 0 amide bonds. The Morgan fingerprint density at radius 3 is 2.47 bits per heavy atom. The monoisotopic (exact) mass is 264 g/mol. The van der Waals surface area contributed by atoms with E-state index in [4.69, 9.17) is 9.47 Å². The topological polar surface area (TPSA) is 35.5 Å². The third-order valence-corrected chi connectivity index (χ3v) is 3.08. The molecule has 0 bridgehead atoms. The highest BCUT2D eigenvalue weighted by Gasteiger charge is 2.06. The van der Waals surface area contributed by atoms with Crippen LogP contribution in [0.5, 0.6) is 0 Å². The third kappa shape index (κ3) is 5.99. The van der Waals surface area contributed by atoms with Gasteiger partial charge in [0.25, 0.3) is 0 Å². The Bertz CT molecular complexity index is 399. The van der Waals surface area contributed by atoms with E-state index in [0.29, 0.717) is 13.2 Å². The zero-order valence-electron chi connectivity index (χ0n) is 12.2. The number of ether oxygens (including phenoxy) is 2. The summed E-state index contributed by atoms with van der Waals surface area (Å²) in [6.45, 7) is 8.09. The van der Waals surface area contributed by atoms with Crippen molar-refractivity contribution in [1.82, 2.24) is 0 Å². The molecule has 0 N–H and O–H groups in total. The van der Waals surface area contributed by atoms with Crippen molar-refractivity contribution in [3.63, 3.8) is 0 Å². The molecule has 3 nitrogen and oxygen atoms in total. The Balaban J connectivity index is 2.22. The third-order valence-electron chi connectivity index (χ3n) is 3.08. The first-order valence-electron chi connectivity index (χ1n) is 6.91. The van der Waals surface area contributed by atoms with Crippen molar-refractivity contribution in [2.75, 3.05) is 26.4 Å². The number of carbonyl (C=O) groups is 1. The lowest BCUT2D eigenvalue weighted by Crippen LogP contribution is -2.13. The number of carbonyl (C=O) groups excluding carboxylic acids is 1. The molecule has 3 heteroatoms. The van der Waals surface area contributed by atoms with Crippen LogP contribution in [-0.2, 0) is 9.47 Å². The lowest BCUT2D eigenvalue weighted by atomic mass is 10.0. The molecule has 0 aliphatic carbocycles. The second kappa shape index (κ2) is 8.83. The quantitative estimate of drug-likeness (QED) is 0.507. The molecule has 0 unspecified atom stereocenters. The number of unbranched alkanes of at least 4 members (excludes halogenated alkanes) is 1. The fourth-order valence-corrected chi connectivity index (χ4v) is 1.63. The van der Waals surface area contributed by atoms with Gasteiger partial charge in [0.15, 0.2) is 5.78 Å². The number of ketones is 1. The van der Waals surface area contributed by atoms with Gasteiger partial charge in [0, 0.05) is 12.2 Å². The van der Waals surface area contributed by atoms with E-state index < -0.39 is 0 Å². The largest absolute Gasteiger partial charge is 0.379 e. The van der Waals surface area contributed by atoms with Crippen LogP contribution in [0, 0.1) is 13.8 Å². The van der Waals surface area contributed by atoms with Gasteiger partial charge in [-0.05, 0) is 37.5 Å². The maximum Gasteiger partial charge on any atom is 0.188 e. The molecule has 0 heterocycles. The van der Waals surface area contributed by atoms with Crippen LogP contribution in [0.4, 0.5) is 0 Å². The lowest BCUT2D eigenvalue weighted by molar-refractivity contribution is 0.0432. The number of hydrogen-bond acceptors (Lipinski definition) is 3. The van der Waals surface area contributed by atoms with Crippen LogP contribution in [0.2, 0.25) is 0 Å².